The second-order valence-corrected chi connectivity index (χ2v) is 4.22. The first-order chi connectivity index (χ1) is 7.43. The van der Waals surface area contributed by atoms with Crippen molar-refractivity contribution in [3.05, 3.63) is 27.9 Å². The van der Waals surface area contributed by atoms with Crippen molar-refractivity contribution in [1.29, 1.82) is 0 Å². The van der Waals surface area contributed by atoms with Crippen molar-refractivity contribution < 1.29 is 9.90 Å². The monoisotopic (exact) mass is 224 g/mol. The van der Waals surface area contributed by atoms with Gasteiger partial charge in [-0.25, -0.2) is 9.78 Å². The molecule has 88 valence electrons. The fraction of sp³-hybridized carbons (Fsp3) is 0.545. The van der Waals surface area contributed by atoms with E-state index in [0.717, 1.165) is 6.42 Å². The van der Waals surface area contributed by atoms with Crippen LogP contribution in [0.4, 0.5) is 0 Å². The first kappa shape index (κ1) is 12.4. The number of hydrogen-bond donors (Lipinski definition) is 1. The van der Waals surface area contributed by atoms with E-state index in [1.165, 1.54) is 17.9 Å². The lowest BCUT2D eigenvalue weighted by molar-refractivity contribution is 0.0692. The van der Waals surface area contributed by atoms with Crippen LogP contribution in [0, 0.1) is 5.92 Å². The standard InChI is InChI=1S/C11H16N2O3/c1-7(2)4-5-8-9(11(15)16)10(14)13(3)6-12-8/h6-7H,4-5H2,1-3H3,(H,15,16). The van der Waals surface area contributed by atoms with Crippen molar-refractivity contribution in [2.75, 3.05) is 0 Å². The van der Waals surface area contributed by atoms with Gasteiger partial charge in [0, 0.05) is 7.05 Å². The molecule has 0 saturated carbocycles. The molecule has 0 unspecified atom stereocenters. The molecule has 1 aromatic heterocycles. The van der Waals surface area contributed by atoms with Gasteiger partial charge in [-0.1, -0.05) is 13.8 Å². The number of aromatic nitrogens is 2. The summed E-state index contributed by atoms with van der Waals surface area (Å²) in [5.41, 5.74) is -0.323. The van der Waals surface area contributed by atoms with Crippen LogP contribution in [0.25, 0.3) is 0 Å². The minimum Gasteiger partial charge on any atom is -0.477 e. The third-order valence-corrected chi connectivity index (χ3v) is 2.38. The molecule has 1 N–H and O–H groups in total. The largest absolute Gasteiger partial charge is 0.477 e. The molecular formula is C11H16N2O3. The van der Waals surface area contributed by atoms with Gasteiger partial charge in [0.05, 0.1) is 12.0 Å². The van der Waals surface area contributed by atoms with Crippen LogP contribution in [0.2, 0.25) is 0 Å². The highest BCUT2D eigenvalue weighted by atomic mass is 16.4. The maximum atomic E-state index is 11.6. The van der Waals surface area contributed by atoms with Crippen LogP contribution in [-0.4, -0.2) is 20.6 Å². The van der Waals surface area contributed by atoms with Crippen LogP contribution < -0.4 is 5.56 Å². The second kappa shape index (κ2) is 4.92. The number of aryl methyl sites for hydroxylation is 2. The van der Waals surface area contributed by atoms with Gasteiger partial charge in [0.25, 0.3) is 5.56 Å². The van der Waals surface area contributed by atoms with Gasteiger partial charge >= 0.3 is 5.97 Å². The molecule has 0 aliphatic heterocycles. The average molecular weight is 224 g/mol. The molecule has 0 saturated heterocycles. The molecule has 0 bridgehead atoms. The molecule has 16 heavy (non-hydrogen) atoms. The van der Waals surface area contributed by atoms with Crippen LogP contribution in [0.15, 0.2) is 11.1 Å². The Balaban J connectivity index is 3.14. The molecule has 0 fully saturated rings. The number of rotatable bonds is 4. The zero-order chi connectivity index (χ0) is 12.3. The molecule has 0 spiro atoms. The number of carboxylic acids is 1. The average Bonchev–Trinajstić information content (AvgIpc) is 2.19. The third kappa shape index (κ3) is 2.68. The van der Waals surface area contributed by atoms with E-state index in [-0.39, 0.29) is 5.56 Å². The fourth-order valence-corrected chi connectivity index (χ4v) is 1.40. The van der Waals surface area contributed by atoms with Crippen LogP contribution in [0.5, 0.6) is 0 Å². The molecule has 0 aliphatic carbocycles. The normalized spacial score (nSPS) is 10.8. The van der Waals surface area contributed by atoms with Gasteiger partial charge in [-0.2, -0.15) is 0 Å². The minimum atomic E-state index is -1.20. The molecule has 0 amide bonds. The number of hydrogen-bond acceptors (Lipinski definition) is 3. The Kier molecular flexibility index (Phi) is 3.82. The van der Waals surface area contributed by atoms with Crippen molar-refractivity contribution in [1.82, 2.24) is 9.55 Å². The van der Waals surface area contributed by atoms with Crippen molar-refractivity contribution >= 4 is 5.97 Å². The Morgan fingerprint density at radius 1 is 1.56 bits per heavy atom. The second-order valence-electron chi connectivity index (χ2n) is 4.22. The number of aromatic carboxylic acids is 1. The van der Waals surface area contributed by atoms with E-state index in [1.54, 1.807) is 0 Å². The fourth-order valence-electron chi connectivity index (χ4n) is 1.40. The summed E-state index contributed by atoms with van der Waals surface area (Å²) in [4.78, 5) is 26.6. The highest BCUT2D eigenvalue weighted by molar-refractivity contribution is 5.88. The molecule has 1 rings (SSSR count). The predicted molar refractivity (Wildman–Crippen MR) is 59.6 cm³/mol. The van der Waals surface area contributed by atoms with Crippen molar-refractivity contribution in [2.24, 2.45) is 13.0 Å². The summed E-state index contributed by atoms with van der Waals surface area (Å²) in [5.74, 6) is -0.750. The van der Waals surface area contributed by atoms with Crippen molar-refractivity contribution in [2.45, 2.75) is 26.7 Å². The van der Waals surface area contributed by atoms with Crippen molar-refractivity contribution in [3.8, 4) is 0 Å². The lowest BCUT2D eigenvalue weighted by atomic mass is 10.0. The summed E-state index contributed by atoms with van der Waals surface area (Å²) in [6, 6.07) is 0. The van der Waals surface area contributed by atoms with Crippen LogP contribution in [0.1, 0.15) is 36.3 Å². The van der Waals surface area contributed by atoms with E-state index in [9.17, 15) is 9.59 Å². The summed E-state index contributed by atoms with van der Waals surface area (Å²) in [7, 11) is 1.49. The zero-order valence-corrected chi connectivity index (χ0v) is 9.73. The first-order valence-corrected chi connectivity index (χ1v) is 5.21. The topological polar surface area (TPSA) is 72.2 Å². The summed E-state index contributed by atoms with van der Waals surface area (Å²) in [5, 5.41) is 8.98. The number of carboxylic acid groups (broad SMARTS) is 1. The molecule has 1 aromatic rings. The maximum absolute atomic E-state index is 11.6. The first-order valence-electron chi connectivity index (χ1n) is 5.21. The molecule has 0 atom stereocenters. The van der Waals surface area contributed by atoms with Crippen LogP contribution in [0.3, 0.4) is 0 Å². The van der Waals surface area contributed by atoms with Crippen LogP contribution >= 0.6 is 0 Å². The Labute approximate surface area is 93.8 Å². The lowest BCUT2D eigenvalue weighted by Crippen LogP contribution is -2.27. The van der Waals surface area contributed by atoms with E-state index < -0.39 is 11.5 Å². The number of nitrogens with zero attached hydrogens (tertiary/aromatic N) is 2. The van der Waals surface area contributed by atoms with E-state index in [1.807, 2.05) is 13.8 Å². The summed E-state index contributed by atoms with van der Waals surface area (Å²) in [6.07, 6.45) is 2.71. The predicted octanol–water partition coefficient (Wildman–Crippen LogP) is 1.07. The van der Waals surface area contributed by atoms with Gasteiger partial charge in [0.2, 0.25) is 0 Å². The molecule has 0 aromatic carbocycles. The van der Waals surface area contributed by atoms with Gasteiger partial charge in [-0.15, -0.1) is 0 Å². The smallest absolute Gasteiger partial charge is 0.343 e. The Bertz CT molecular complexity index is 449. The van der Waals surface area contributed by atoms with E-state index in [2.05, 4.69) is 4.98 Å². The highest BCUT2D eigenvalue weighted by Crippen LogP contribution is 2.08. The maximum Gasteiger partial charge on any atom is 0.343 e. The Morgan fingerprint density at radius 3 is 2.69 bits per heavy atom. The quantitative estimate of drug-likeness (QED) is 0.830. The SMILES string of the molecule is CC(C)CCc1ncn(C)c(=O)c1C(=O)O. The zero-order valence-electron chi connectivity index (χ0n) is 9.73. The van der Waals surface area contributed by atoms with Crippen molar-refractivity contribution in [3.63, 3.8) is 0 Å². The molecular weight excluding hydrogens is 208 g/mol. The molecule has 0 radical (unpaired) electrons. The molecule has 5 nitrogen and oxygen atoms in total. The van der Waals surface area contributed by atoms with Gasteiger partial charge in [-0.3, -0.25) is 4.79 Å². The van der Waals surface area contributed by atoms with Gasteiger partial charge in [0.1, 0.15) is 5.56 Å². The third-order valence-electron chi connectivity index (χ3n) is 2.38. The Morgan fingerprint density at radius 2 is 2.19 bits per heavy atom. The highest BCUT2D eigenvalue weighted by Gasteiger charge is 2.17. The van der Waals surface area contributed by atoms with Gasteiger partial charge in [-0.05, 0) is 18.8 Å². The summed E-state index contributed by atoms with van der Waals surface area (Å²) in [6.45, 7) is 4.09. The van der Waals surface area contributed by atoms with E-state index in [0.29, 0.717) is 18.0 Å². The molecule has 1 heterocycles. The van der Waals surface area contributed by atoms with Crippen LogP contribution in [-0.2, 0) is 13.5 Å². The minimum absolute atomic E-state index is 0.203. The summed E-state index contributed by atoms with van der Waals surface area (Å²) < 4.78 is 1.18. The molecule has 0 aliphatic rings. The van der Waals surface area contributed by atoms with Gasteiger partial charge in [0.15, 0.2) is 0 Å². The van der Waals surface area contributed by atoms with E-state index >= 15 is 0 Å². The number of carbonyl (C=O) groups is 1. The Hall–Kier alpha value is -1.65. The summed E-state index contributed by atoms with van der Waals surface area (Å²) >= 11 is 0. The van der Waals surface area contributed by atoms with E-state index in [4.69, 9.17) is 5.11 Å². The molecule has 5 heteroatoms. The van der Waals surface area contributed by atoms with Gasteiger partial charge < -0.3 is 9.67 Å². The lowest BCUT2D eigenvalue weighted by Gasteiger charge is -2.07.